The average Bonchev–Trinajstić information content (AvgIpc) is 2.60. The first-order valence-electron chi connectivity index (χ1n) is 4.58. The molecule has 1 aliphatic heterocycles. The molecule has 1 aromatic rings. The van der Waals surface area contributed by atoms with Gasteiger partial charge < -0.3 is 5.73 Å². The molecule has 0 bridgehead atoms. The Bertz CT molecular complexity index is 428. The molecule has 0 atom stereocenters. The third-order valence-corrected chi connectivity index (χ3v) is 2.07. The Morgan fingerprint density at radius 2 is 2.33 bits per heavy atom. The highest BCUT2D eigenvalue weighted by Gasteiger charge is 2.25. The first-order valence-corrected chi connectivity index (χ1v) is 4.58. The maximum atomic E-state index is 11.6. The van der Waals surface area contributed by atoms with E-state index < -0.39 is 0 Å². The number of hydrogen-bond donors (Lipinski definition) is 1. The molecule has 1 amide bonds. The Balaban J connectivity index is 2.32. The van der Waals surface area contributed by atoms with Crippen molar-refractivity contribution in [2.75, 3.05) is 11.6 Å². The number of anilines is 1. The molecule has 0 saturated heterocycles. The number of rotatable bonds is 2. The summed E-state index contributed by atoms with van der Waals surface area (Å²) < 4.78 is 0. The fraction of sp³-hybridized carbons (Fsp3) is 0.333. The second-order valence-electron chi connectivity index (χ2n) is 3.27. The molecule has 1 aliphatic rings. The van der Waals surface area contributed by atoms with Crippen LogP contribution in [0.2, 0.25) is 0 Å². The van der Waals surface area contributed by atoms with Gasteiger partial charge >= 0.3 is 0 Å². The molecule has 0 unspecified atom stereocenters. The summed E-state index contributed by atoms with van der Waals surface area (Å²) in [6.45, 7) is 2.13. The highest BCUT2D eigenvalue weighted by atomic mass is 16.2. The lowest BCUT2D eigenvalue weighted by atomic mass is 10.3. The predicted octanol–water partition coefficient (Wildman–Crippen LogP) is -0.164. The van der Waals surface area contributed by atoms with Gasteiger partial charge in [0.15, 0.2) is 5.82 Å². The largest absolute Gasteiger partial charge is 0.325 e. The zero-order valence-electron chi connectivity index (χ0n) is 8.34. The van der Waals surface area contributed by atoms with Gasteiger partial charge in [0.2, 0.25) is 0 Å². The summed E-state index contributed by atoms with van der Waals surface area (Å²) >= 11 is 0. The van der Waals surface area contributed by atoms with Crippen molar-refractivity contribution in [1.82, 2.24) is 9.97 Å². The summed E-state index contributed by atoms with van der Waals surface area (Å²) in [5, 5.41) is 5.36. The maximum absolute atomic E-state index is 11.6. The van der Waals surface area contributed by atoms with E-state index in [1.807, 2.05) is 6.92 Å². The third kappa shape index (κ3) is 1.84. The van der Waals surface area contributed by atoms with Crippen LogP contribution in [0.5, 0.6) is 0 Å². The van der Waals surface area contributed by atoms with Crippen LogP contribution in [0.15, 0.2) is 17.5 Å². The normalized spacial score (nSPS) is 15.7. The van der Waals surface area contributed by atoms with E-state index >= 15 is 0 Å². The van der Waals surface area contributed by atoms with E-state index in [2.05, 4.69) is 15.1 Å². The Morgan fingerprint density at radius 3 is 2.93 bits per heavy atom. The zero-order chi connectivity index (χ0) is 10.8. The summed E-state index contributed by atoms with van der Waals surface area (Å²) in [7, 11) is 0. The predicted molar refractivity (Wildman–Crippen MR) is 55.4 cm³/mol. The number of hydrazone groups is 1. The van der Waals surface area contributed by atoms with Gasteiger partial charge in [-0.25, -0.2) is 9.97 Å². The van der Waals surface area contributed by atoms with Crippen molar-refractivity contribution < 1.29 is 4.79 Å². The molecule has 0 fully saturated rings. The number of carbonyl (C=O) groups excluding carboxylic acids is 1. The molecule has 15 heavy (non-hydrogen) atoms. The minimum Gasteiger partial charge on any atom is -0.325 e. The van der Waals surface area contributed by atoms with E-state index in [9.17, 15) is 4.79 Å². The van der Waals surface area contributed by atoms with Crippen LogP contribution in [0.4, 0.5) is 5.82 Å². The maximum Gasteiger partial charge on any atom is 0.254 e. The van der Waals surface area contributed by atoms with Crippen LogP contribution < -0.4 is 10.7 Å². The van der Waals surface area contributed by atoms with Gasteiger partial charge in [-0.1, -0.05) is 0 Å². The van der Waals surface area contributed by atoms with Gasteiger partial charge in [0.1, 0.15) is 6.33 Å². The molecule has 6 nitrogen and oxygen atoms in total. The molecule has 2 N–H and O–H groups in total. The average molecular weight is 205 g/mol. The molecule has 0 radical (unpaired) electrons. The number of hydrogen-bond acceptors (Lipinski definition) is 5. The van der Waals surface area contributed by atoms with Crippen molar-refractivity contribution >= 4 is 17.4 Å². The standard InChI is InChI=1S/C9H11N5O/c1-6-2-8(12-5-11-6)14-9(15)3-7(4-10)13-14/h2,5H,3-4,10H2,1H3. The highest BCUT2D eigenvalue weighted by molar-refractivity contribution is 6.13. The lowest BCUT2D eigenvalue weighted by Gasteiger charge is -2.09. The number of aromatic nitrogens is 2. The van der Waals surface area contributed by atoms with Crippen molar-refractivity contribution in [2.45, 2.75) is 13.3 Å². The van der Waals surface area contributed by atoms with E-state index in [4.69, 9.17) is 5.73 Å². The van der Waals surface area contributed by atoms with Gasteiger partial charge in [-0.15, -0.1) is 0 Å². The van der Waals surface area contributed by atoms with E-state index in [0.29, 0.717) is 18.1 Å². The van der Waals surface area contributed by atoms with Crippen LogP contribution in [0.3, 0.4) is 0 Å². The molecule has 0 aliphatic carbocycles. The van der Waals surface area contributed by atoms with Gasteiger partial charge in [-0.05, 0) is 6.92 Å². The lowest BCUT2D eigenvalue weighted by Crippen LogP contribution is -2.20. The van der Waals surface area contributed by atoms with E-state index in [-0.39, 0.29) is 12.3 Å². The van der Waals surface area contributed by atoms with Crippen molar-refractivity contribution in [3.8, 4) is 0 Å². The first-order chi connectivity index (χ1) is 7.20. The molecule has 0 spiro atoms. The van der Waals surface area contributed by atoms with Gasteiger partial charge in [-0.3, -0.25) is 4.79 Å². The van der Waals surface area contributed by atoms with E-state index in [1.165, 1.54) is 11.3 Å². The summed E-state index contributed by atoms with van der Waals surface area (Å²) in [4.78, 5) is 19.5. The van der Waals surface area contributed by atoms with Crippen molar-refractivity contribution in [3.05, 3.63) is 18.1 Å². The van der Waals surface area contributed by atoms with Crippen molar-refractivity contribution in [1.29, 1.82) is 0 Å². The summed E-state index contributed by atoms with van der Waals surface area (Å²) in [5.74, 6) is 0.393. The SMILES string of the molecule is Cc1cc(N2N=C(CN)CC2=O)ncn1. The fourth-order valence-corrected chi connectivity index (χ4v) is 1.33. The number of nitrogens with zero attached hydrogens (tertiary/aromatic N) is 4. The number of aryl methyl sites for hydroxylation is 1. The van der Waals surface area contributed by atoms with Crippen LogP contribution in [0, 0.1) is 6.92 Å². The van der Waals surface area contributed by atoms with Gasteiger partial charge in [-0.2, -0.15) is 10.1 Å². The van der Waals surface area contributed by atoms with Crippen LogP contribution in [0.25, 0.3) is 0 Å². The topological polar surface area (TPSA) is 84.5 Å². The second-order valence-corrected chi connectivity index (χ2v) is 3.27. The number of carbonyl (C=O) groups is 1. The van der Waals surface area contributed by atoms with E-state index in [0.717, 1.165) is 5.69 Å². The molecule has 0 aromatic carbocycles. The van der Waals surface area contributed by atoms with Gasteiger partial charge in [0.05, 0.1) is 12.1 Å². The molecule has 1 aromatic heterocycles. The monoisotopic (exact) mass is 205 g/mol. The van der Waals surface area contributed by atoms with Crippen molar-refractivity contribution in [3.63, 3.8) is 0 Å². The highest BCUT2D eigenvalue weighted by Crippen LogP contribution is 2.17. The lowest BCUT2D eigenvalue weighted by molar-refractivity contribution is -0.116. The minimum atomic E-state index is -0.103. The zero-order valence-corrected chi connectivity index (χ0v) is 8.34. The molecule has 2 heterocycles. The molecular weight excluding hydrogens is 194 g/mol. The molecule has 2 rings (SSSR count). The Kier molecular flexibility index (Phi) is 2.42. The van der Waals surface area contributed by atoms with E-state index in [1.54, 1.807) is 6.07 Å². The molecular formula is C9H11N5O. The van der Waals surface area contributed by atoms with Crippen LogP contribution in [-0.2, 0) is 4.79 Å². The molecule has 0 saturated carbocycles. The first kappa shape index (κ1) is 9.72. The molecule has 6 heteroatoms. The third-order valence-electron chi connectivity index (χ3n) is 2.07. The Hall–Kier alpha value is -1.82. The summed E-state index contributed by atoms with van der Waals surface area (Å²) in [5.41, 5.74) is 6.90. The smallest absolute Gasteiger partial charge is 0.254 e. The Labute approximate surface area is 86.8 Å². The second kappa shape index (κ2) is 3.74. The summed E-state index contributed by atoms with van der Waals surface area (Å²) in [6.07, 6.45) is 1.69. The molecule has 78 valence electrons. The summed E-state index contributed by atoms with van der Waals surface area (Å²) in [6, 6.07) is 1.71. The van der Waals surface area contributed by atoms with Crippen LogP contribution in [-0.4, -0.2) is 28.1 Å². The number of amides is 1. The number of nitrogens with two attached hydrogens (primary N) is 1. The quantitative estimate of drug-likeness (QED) is 0.726. The minimum absolute atomic E-state index is 0.103. The van der Waals surface area contributed by atoms with Gasteiger partial charge in [0, 0.05) is 18.3 Å². The van der Waals surface area contributed by atoms with Gasteiger partial charge in [0.25, 0.3) is 5.91 Å². The van der Waals surface area contributed by atoms with Crippen LogP contribution in [0.1, 0.15) is 12.1 Å². The van der Waals surface area contributed by atoms with Crippen LogP contribution >= 0.6 is 0 Å². The fourth-order valence-electron chi connectivity index (χ4n) is 1.33. The van der Waals surface area contributed by atoms with Crippen molar-refractivity contribution in [2.24, 2.45) is 10.8 Å². The Morgan fingerprint density at radius 1 is 1.53 bits per heavy atom.